The maximum absolute atomic E-state index is 15.8. The number of hydrogen-bond donors (Lipinski definition) is 6. The number of carboxylic acids is 1. The number of nitrogens with zero attached hydrogens (tertiary/aromatic N) is 2. The number of unbranched alkanes of at least 4 members (excludes halogenated alkanes) is 3. The quantitative estimate of drug-likeness (QED) is 0.0137. The van der Waals surface area contributed by atoms with Crippen LogP contribution in [0.1, 0.15) is 190 Å². The number of hydrogen-bond acceptors (Lipinski definition) is 25. The zero-order chi connectivity index (χ0) is 88.7. The van der Waals surface area contributed by atoms with Crippen LogP contribution >= 0.6 is 0 Å². The highest BCUT2D eigenvalue weighted by Crippen LogP contribution is 2.43. The van der Waals surface area contributed by atoms with Crippen LogP contribution in [-0.2, 0) is 115 Å². The smallest absolute Gasteiger partial charge is 0.307 e. The van der Waals surface area contributed by atoms with E-state index in [1.807, 2.05) is 96.1 Å². The number of carbonyl (C=O) groups is 12. The van der Waals surface area contributed by atoms with Gasteiger partial charge in [0.1, 0.15) is 36.9 Å². The average Bonchev–Trinajstić information content (AvgIpc) is 0.751. The van der Waals surface area contributed by atoms with Crippen LogP contribution in [0.2, 0.25) is 0 Å². The third kappa shape index (κ3) is 33.1. The van der Waals surface area contributed by atoms with Crippen molar-refractivity contribution in [2.75, 3.05) is 99.7 Å². The molecule has 33 heteroatoms. The van der Waals surface area contributed by atoms with Crippen molar-refractivity contribution >= 4 is 71.2 Å². The number of rotatable bonds is 52. The Labute approximate surface area is 711 Å². The molecule has 3 aromatic carbocycles. The maximum atomic E-state index is 15.8. The van der Waals surface area contributed by atoms with E-state index in [-0.39, 0.29) is 182 Å². The number of carbonyl (C=O) groups excluding carboxylic acids is 11. The second-order valence-electron chi connectivity index (χ2n) is 31.5. The van der Waals surface area contributed by atoms with Crippen LogP contribution in [0.25, 0.3) is 0 Å². The number of nitrogens with one attached hydrogen (secondary N) is 5. The number of methoxy groups -OCH3 is 2. The van der Waals surface area contributed by atoms with Gasteiger partial charge in [0, 0.05) is 120 Å². The molecule has 3 aromatic rings. The first-order valence-corrected chi connectivity index (χ1v) is 42.3. The van der Waals surface area contributed by atoms with Crippen LogP contribution in [0.3, 0.4) is 0 Å². The predicted molar refractivity (Wildman–Crippen MR) is 441 cm³/mol. The van der Waals surface area contributed by atoms with Crippen molar-refractivity contribution in [3.05, 3.63) is 95.6 Å². The monoisotopic (exact) mass is 1700 g/mol. The molecule has 7 amide bonds. The molecule has 0 bridgehead atoms. The van der Waals surface area contributed by atoms with E-state index in [1.54, 1.807) is 29.2 Å². The zero-order valence-electron chi connectivity index (χ0n) is 72.9. The molecule has 0 spiro atoms. The van der Waals surface area contributed by atoms with Crippen molar-refractivity contribution in [1.29, 1.82) is 0 Å². The number of ether oxygens (including phenoxy) is 13. The SMILES string of the molecule is COc1ccc(C(OCC(OC(=O)CCC(=O)O)C(=O)N(CCCNC(=O)CCCCOC2OC(COC(C)=O)C(C)C(C)C2NC(C)=O)CCCN(CCCNC(=O)CCCCOC2OC(COC(C)=O)C(C)C(C)C2NC(C)=O)C(=O)CCCCOC2OC(COC(C)=O)C(C)C(C)C2NC(C)=O)(c2ccccc2)c2ccc(OC)cc2)cc1. The molecule has 3 heterocycles. The lowest BCUT2D eigenvalue weighted by molar-refractivity contribution is -0.244. The van der Waals surface area contributed by atoms with Gasteiger partial charge in [-0.25, -0.2) is 0 Å². The lowest BCUT2D eigenvalue weighted by atomic mass is 9.80. The molecular formula is C88H131N7O26. The van der Waals surface area contributed by atoms with Gasteiger partial charge in [0.2, 0.25) is 41.5 Å². The van der Waals surface area contributed by atoms with Gasteiger partial charge in [0.25, 0.3) is 5.91 Å². The first kappa shape index (κ1) is 100. The van der Waals surface area contributed by atoms with Crippen LogP contribution in [0, 0.1) is 35.5 Å². The highest BCUT2D eigenvalue weighted by molar-refractivity contribution is 5.85. The number of esters is 4. The molecule has 0 aliphatic carbocycles. The van der Waals surface area contributed by atoms with Gasteiger partial charge in [-0.2, -0.15) is 0 Å². The lowest BCUT2D eigenvalue weighted by Gasteiger charge is -2.44. The molecule has 3 saturated heterocycles. The highest BCUT2D eigenvalue weighted by Gasteiger charge is 2.47. The minimum atomic E-state index is -1.72. The van der Waals surface area contributed by atoms with Crippen molar-refractivity contribution in [3.63, 3.8) is 0 Å². The van der Waals surface area contributed by atoms with Gasteiger partial charge >= 0.3 is 29.8 Å². The number of aliphatic carboxylic acids is 1. The summed E-state index contributed by atoms with van der Waals surface area (Å²) in [5.74, 6) is -5.58. The van der Waals surface area contributed by atoms with Crippen molar-refractivity contribution < 1.29 is 124 Å². The van der Waals surface area contributed by atoms with Gasteiger partial charge in [-0.05, 0) is 134 Å². The fraction of sp³-hybridized carbons (Fsp3) is 0.659. The number of amides is 7. The van der Waals surface area contributed by atoms with E-state index in [0.29, 0.717) is 73.1 Å². The summed E-state index contributed by atoms with van der Waals surface area (Å²) in [6.45, 7) is 20.2. The van der Waals surface area contributed by atoms with Crippen molar-refractivity contribution in [3.8, 4) is 11.5 Å². The van der Waals surface area contributed by atoms with Gasteiger partial charge in [0.05, 0.1) is 70.1 Å². The normalized spacial score (nSPS) is 22.9. The maximum Gasteiger partial charge on any atom is 0.307 e. The number of benzene rings is 3. The Morgan fingerprint density at radius 3 is 1.17 bits per heavy atom. The summed E-state index contributed by atoms with van der Waals surface area (Å²) in [4.78, 5) is 159. The van der Waals surface area contributed by atoms with Crippen LogP contribution in [0.15, 0.2) is 78.9 Å². The molecule has 16 atom stereocenters. The summed E-state index contributed by atoms with van der Waals surface area (Å²) >= 11 is 0. The molecule has 0 saturated carbocycles. The summed E-state index contributed by atoms with van der Waals surface area (Å²) in [5, 5.41) is 24.5. The van der Waals surface area contributed by atoms with Crippen LogP contribution in [0.4, 0.5) is 0 Å². The average molecular weight is 1700 g/mol. The fourth-order valence-electron chi connectivity index (χ4n) is 15.1. The van der Waals surface area contributed by atoms with Gasteiger partial charge in [-0.3, -0.25) is 57.5 Å². The van der Waals surface area contributed by atoms with E-state index in [0.717, 1.165) is 0 Å². The minimum absolute atomic E-state index is 0.00720. The Morgan fingerprint density at radius 1 is 0.430 bits per heavy atom. The third-order valence-corrected chi connectivity index (χ3v) is 22.5. The molecule has 33 nitrogen and oxygen atoms in total. The van der Waals surface area contributed by atoms with Crippen LogP contribution in [-0.4, -0.2) is 247 Å². The van der Waals surface area contributed by atoms with E-state index in [2.05, 4.69) is 26.6 Å². The highest BCUT2D eigenvalue weighted by atomic mass is 16.7. The molecule has 16 unspecified atom stereocenters. The van der Waals surface area contributed by atoms with Crippen molar-refractivity contribution in [1.82, 2.24) is 36.4 Å². The Bertz CT molecular complexity index is 3710. The van der Waals surface area contributed by atoms with Crippen LogP contribution in [0.5, 0.6) is 11.5 Å². The molecule has 0 aromatic heterocycles. The molecule has 0 radical (unpaired) electrons. The Hall–Kier alpha value is -9.38. The molecular weight excluding hydrogens is 1570 g/mol. The van der Waals surface area contributed by atoms with E-state index in [4.69, 9.17) is 61.6 Å². The first-order valence-electron chi connectivity index (χ1n) is 42.3. The fourth-order valence-corrected chi connectivity index (χ4v) is 15.1. The summed E-state index contributed by atoms with van der Waals surface area (Å²) in [6, 6.07) is 22.0. The number of carboxylic acid groups (broad SMARTS) is 1. The summed E-state index contributed by atoms with van der Waals surface area (Å²) < 4.78 is 77.7. The van der Waals surface area contributed by atoms with E-state index < -0.39 is 122 Å². The van der Waals surface area contributed by atoms with Crippen LogP contribution < -0.4 is 36.1 Å². The Morgan fingerprint density at radius 2 is 0.793 bits per heavy atom. The van der Waals surface area contributed by atoms with Gasteiger partial charge in [-0.15, -0.1) is 0 Å². The van der Waals surface area contributed by atoms with Crippen molar-refractivity contribution in [2.24, 2.45) is 35.5 Å². The summed E-state index contributed by atoms with van der Waals surface area (Å²) in [6.07, 6.45) is -3.67. The third-order valence-electron chi connectivity index (χ3n) is 22.5. The second-order valence-corrected chi connectivity index (χ2v) is 31.5. The topological polar surface area (TPSA) is 412 Å². The molecule has 6 N–H and O–H groups in total. The second kappa shape index (κ2) is 52.2. The molecule has 3 aliphatic heterocycles. The van der Waals surface area contributed by atoms with Crippen molar-refractivity contribution in [2.45, 2.75) is 240 Å². The Kier molecular flexibility index (Phi) is 43.3. The molecule has 121 heavy (non-hydrogen) atoms. The lowest BCUT2D eigenvalue weighted by Crippen LogP contribution is -2.58. The molecule has 3 fully saturated rings. The van der Waals surface area contributed by atoms with E-state index in [1.165, 1.54) is 60.7 Å². The largest absolute Gasteiger partial charge is 0.497 e. The van der Waals surface area contributed by atoms with Gasteiger partial charge < -0.3 is 103 Å². The molecule has 6 rings (SSSR count). The predicted octanol–water partition coefficient (Wildman–Crippen LogP) is 7.60. The Balaban J connectivity index is 1.24. The molecule has 3 aliphatic rings. The summed E-state index contributed by atoms with van der Waals surface area (Å²) in [7, 11) is 3.07. The standard InChI is InChI=1S/C88H131N7O26/c1-55-58(4)81(91-61(7)96)85(119-72(55)51-114-64(10)99)111-48-21-18-29-76(102)89-42-24-44-94(78(104)31-20-23-50-113-87-83(93-63(9)98)60(6)57(3)74(121-87)53-116-66(12)101)46-26-47-95(45-25-43-90-77(103)30-19-22-49-112-86-82(92-62(8)97)59(5)56(2)73(120-86)52-115-65(11)100)84(108)75(118-80(107)41-40-79(105)106)54-117-88(67-27-16-15-17-28-67,68-32-36-70(109-13)37-33-68)69-34-38-71(110-14)39-35-69/h15-17,27-28,32-39,55-60,72-75,81-83,85-87H,18-26,29-31,40-54H2,1-14H3,(H,89,102)(H,90,103)(H,91,96)(H,92,97)(H,93,98)(H,105,106). The van der Waals surface area contributed by atoms with E-state index in [9.17, 15) is 57.8 Å². The van der Waals surface area contributed by atoms with E-state index >= 15 is 4.79 Å². The van der Waals surface area contributed by atoms with Gasteiger partial charge in [-0.1, -0.05) is 96.1 Å². The van der Waals surface area contributed by atoms with Gasteiger partial charge in [0.15, 0.2) is 18.9 Å². The zero-order valence-corrected chi connectivity index (χ0v) is 72.9. The first-order chi connectivity index (χ1) is 57.8. The minimum Gasteiger partial charge on any atom is -0.497 e. The summed E-state index contributed by atoms with van der Waals surface area (Å²) in [5.41, 5.74) is 0.256. The molecule has 674 valence electrons.